The van der Waals surface area contributed by atoms with Crippen LogP contribution in [0.4, 0.5) is 0 Å². The molecule has 1 aromatic carbocycles. The smallest absolute Gasteiger partial charge is 0.119 e. The Morgan fingerprint density at radius 1 is 1.14 bits per heavy atom. The minimum absolute atomic E-state index is 0.318. The van der Waals surface area contributed by atoms with Crippen molar-refractivity contribution in [2.45, 2.75) is 118 Å². The van der Waals surface area contributed by atoms with Crippen LogP contribution in [0.5, 0.6) is 5.75 Å². The summed E-state index contributed by atoms with van der Waals surface area (Å²) in [6, 6.07) is 7.03. The average molecular weight is 494 g/mol. The van der Waals surface area contributed by atoms with Crippen LogP contribution >= 0.6 is 0 Å². The number of rotatable bonds is 11. The van der Waals surface area contributed by atoms with Gasteiger partial charge in [-0.3, -0.25) is 0 Å². The molecule has 0 N–H and O–H groups in total. The fraction of sp³-hybridized carbons (Fsp3) is 0.765. The summed E-state index contributed by atoms with van der Waals surface area (Å²) >= 11 is 0. The van der Waals surface area contributed by atoms with Crippen LogP contribution in [0.25, 0.3) is 0 Å². The van der Waals surface area contributed by atoms with Crippen molar-refractivity contribution < 1.29 is 4.74 Å². The molecule has 0 radical (unpaired) electrons. The Morgan fingerprint density at radius 2 is 1.92 bits per heavy atom. The Bertz CT molecular complexity index is 914. The fourth-order valence-electron chi connectivity index (χ4n) is 8.06. The molecule has 0 heterocycles. The van der Waals surface area contributed by atoms with Crippen molar-refractivity contribution in [1.82, 2.24) is 4.90 Å². The van der Waals surface area contributed by atoms with Gasteiger partial charge < -0.3 is 9.64 Å². The molecular formula is C34H55NO. The fourth-order valence-corrected chi connectivity index (χ4v) is 8.06. The Morgan fingerprint density at radius 3 is 2.64 bits per heavy atom. The molecule has 1 fully saturated rings. The first-order valence-corrected chi connectivity index (χ1v) is 15.2. The van der Waals surface area contributed by atoms with Gasteiger partial charge in [-0.15, -0.1) is 0 Å². The normalized spacial score (nSPS) is 28.5. The van der Waals surface area contributed by atoms with Crippen molar-refractivity contribution in [2.24, 2.45) is 29.1 Å². The van der Waals surface area contributed by atoms with Crippen LogP contribution in [0.3, 0.4) is 0 Å². The summed E-state index contributed by atoms with van der Waals surface area (Å²) in [6.07, 6.45) is 14.7. The molecule has 4 rings (SSSR count). The van der Waals surface area contributed by atoms with Crippen molar-refractivity contribution >= 4 is 0 Å². The van der Waals surface area contributed by atoms with Crippen LogP contribution in [0.2, 0.25) is 0 Å². The van der Waals surface area contributed by atoms with Gasteiger partial charge in [-0.25, -0.2) is 0 Å². The van der Waals surface area contributed by atoms with Crippen molar-refractivity contribution in [3.63, 3.8) is 0 Å². The summed E-state index contributed by atoms with van der Waals surface area (Å²) < 4.78 is 6.06. The van der Waals surface area contributed by atoms with E-state index < -0.39 is 0 Å². The molecule has 0 amide bonds. The Hall–Kier alpha value is -1.28. The van der Waals surface area contributed by atoms with E-state index in [0.29, 0.717) is 16.9 Å². The van der Waals surface area contributed by atoms with E-state index in [4.69, 9.17) is 4.74 Å². The second-order valence-corrected chi connectivity index (χ2v) is 13.8. The van der Waals surface area contributed by atoms with E-state index in [1.165, 1.54) is 57.8 Å². The number of unbranched alkanes of at least 4 members (excludes halogenated alkanes) is 1. The van der Waals surface area contributed by atoms with Crippen molar-refractivity contribution in [3.05, 3.63) is 41.0 Å². The molecule has 0 bridgehead atoms. The SMILES string of the molecule is CCN(C)C(C)(C)CCCC[C@@H](C)C1=CC[C@H]2[C@@H]3CCc4cc(OCC(C)C)ccc4[C@H]3CC[C@]12C. The predicted molar refractivity (Wildman–Crippen MR) is 155 cm³/mol. The maximum Gasteiger partial charge on any atom is 0.119 e. The van der Waals surface area contributed by atoms with E-state index in [1.807, 2.05) is 5.57 Å². The molecule has 1 aromatic rings. The molecule has 2 heteroatoms. The Kier molecular flexibility index (Phi) is 8.65. The summed E-state index contributed by atoms with van der Waals surface area (Å²) in [4.78, 5) is 2.50. The summed E-state index contributed by atoms with van der Waals surface area (Å²) in [5, 5.41) is 0. The number of nitrogens with zero attached hydrogens (tertiary/aromatic N) is 1. The predicted octanol–water partition coefficient (Wildman–Crippen LogP) is 9.04. The Labute approximate surface area is 223 Å². The van der Waals surface area contributed by atoms with Gasteiger partial charge in [-0.05, 0) is 131 Å². The molecule has 0 unspecified atom stereocenters. The molecule has 0 aliphatic heterocycles. The molecule has 3 aliphatic carbocycles. The lowest BCUT2D eigenvalue weighted by molar-refractivity contribution is 0.0685. The van der Waals surface area contributed by atoms with E-state index in [9.17, 15) is 0 Å². The first-order valence-electron chi connectivity index (χ1n) is 15.2. The third kappa shape index (κ3) is 5.59. The Balaban J connectivity index is 1.36. The third-order valence-electron chi connectivity index (χ3n) is 10.6. The van der Waals surface area contributed by atoms with Gasteiger partial charge in [-0.1, -0.05) is 65.2 Å². The van der Waals surface area contributed by atoms with Crippen LogP contribution in [0.1, 0.15) is 117 Å². The second-order valence-electron chi connectivity index (χ2n) is 13.8. The zero-order valence-electron chi connectivity index (χ0n) is 24.8. The third-order valence-corrected chi connectivity index (χ3v) is 10.6. The van der Waals surface area contributed by atoms with E-state index in [-0.39, 0.29) is 0 Å². The summed E-state index contributed by atoms with van der Waals surface area (Å²) in [7, 11) is 2.27. The molecule has 1 saturated carbocycles. The summed E-state index contributed by atoms with van der Waals surface area (Å²) in [6.45, 7) is 18.6. The van der Waals surface area contributed by atoms with Gasteiger partial charge in [0.1, 0.15) is 5.75 Å². The van der Waals surface area contributed by atoms with Gasteiger partial charge in [-0.2, -0.15) is 0 Å². The van der Waals surface area contributed by atoms with Gasteiger partial charge in [0.15, 0.2) is 0 Å². The number of hydrogen-bond donors (Lipinski definition) is 0. The van der Waals surface area contributed by atoms with Crippen LogP contribution in [0, 0.1) is 29.1 Å². The summed E-state index contributed by atoms with van der Waals surface area (Å²) in [5.41, 5.74) is 5.78. The largest absolute Gasteiger partial charge is 0.493 e. The van der Waals surface area contributed by atoms with Crippen LogP contribution in [-0.4, -0.2) is 30.6 Å². The number of ether oxygens (including phenoxy) is 1. The van der Waals surface area contributed by atoms with Gasteiger partial charge in [0.05, 0.1) is 6.61 Å². The van der Waals surface area contributed by atoms with Gasteiger partial charge in [0, 0.05) is 5.54 Å². The molecule has 0 spiro atoms. The maximum atomic E-state index is 6.06. The lowest BCUT2D eigenvalue weighted by Gasteiger charge is -2.51. The number of aryl methyl sites for hydroxylation is 1. The number of allylic oxidation sites excluding steroid dienone is 2. The molecule has 0 aromatic heterocycles. The molecule has 0 saturated heterocycles. The van der Waals surface area contributed by atoms with E-state index in [1.54, 1.807) is 11.1 Å². The van der Waals surface area contributed by atoms with E-state index >= 15 is 0 Å². The standard InChI is InChI=1S/C34H55NO/c1-9-35(8)33(5,6)20-11-10-12-25(4)31-17-18-32-30-15-13-26-22-27(36-23-24(2)3)14-16-28(26)29(30)19-21-34(31,32)7/h14,16-17,22,24-25,29-30,32H,9-13,15,18-21,23H2,1-8H3/t25-,29-,30-,32+,34-/m1/s1. The quantitative estimate of drug-likeness (QED) is 0.225. The molecule has 2 nitrogen and oxygen atoms in total. The monoisotopic (exact) mass is 493 g/mol. The van der Waals surface area contributed by atoms with Crippen LogP contribution in [0.15, 0.2) is 29.8 Å². The van der Waals surface area contributed by atoms with Crippen molar-refractivity contribution in [1.29, 1.82) is 0 Å². The highest BCUT2D eigenvalue weighted by molar-refractivity contribution is 5.41. The number of benzene rings is 1. The minimum Gasteiger partial charge on any atom is -0.493 e. The van der Waals surface area contributed by atoms with Crippen molar-refractivity contribution in [2.75, 3.05) is 20.2 Å². The highest BCUT2D eigenvalue weighted by Gasteiger charge is 2.52. The lowest BCUT2D eigenvalue weighted by Crippen LogP contribution is -2.42. The average Bonchev–Trinajstić information content (AvgIpc) is 3.21. The molecule has 5 atom stereocenters. The summed E-state index contributed by atoms with van der Waals surface area (Å²) in [5.74, 6) is 4.83. The molecule has 202 valence electrons. The highest BCUT2D eigenvalue weighted by atomic mass is 16.5. The van der Waals surface area contributed by atoms with Crippen LogP contribution < -0.4 is 4.74 Å². The molecular weight excluding hydrogens is 438 g/mol. The van der Waals surface area contributed by atoms with Gasteiger partial charge >= 0.3 is 0 Å². The highest BCUT2D eigenvalue weighted by Crippen LogP contribution is 2.62. The lowest BCUT2D eigenvalue weighted by atomic mass is 9.53. The molecule has 36 heavy (non-hydrogen) atoms. The van der Waals surface area contributed by atoms with E-state index in [2.05, 4.69) is 84.7 Å². The number of hydrogen-bond acceptors (Lipinski definition) is 2. The van der Waals surface area contributed by atoms with Gasteiger partial charge in [0.2, 0.25) is 0 Å². The first kappa shape index (κ1) is 27.7. The zero-order chi connectivity index (χ0) is 26.1. The van der Waals surface area contributed by atoms with Crippen molar-refractivity contribution in [3.8, 4) is 5.75 Å². The van der Waals surface area contributed by atoms with E-state index in [0.717, 1.165) is 42.6 Å². The first-order chi connectivity index (χ1) is 17.1. The number of fused-ring (bicyclic) bond motifs is 5. The molecule has 3 aliphatic rings. The minimum atomic E-state index is 0.318. The zero-order valence-corrected chi connectivity index (χ0v) is 24.8. The van der Waals surface area contributed by atoms with Crippen LogP contribution in [-0.2, 0) is 6.42 Å². The maximum absolute atomic E-state index is 6.06. The van der Waals surface area contributed by atoms with Gasteiger partial charge in [0.25, 0.3) is 0 Å². The topological polar surface area (TPSA) is 12.5 Å². The second kappa shape index (κ2) is 11.2.